The van der Waals surface area contributed by atoms with E-state index in [-0.39, 0.29) is 6.03 Å². The third kappa shape index (κ3) is 8.31. The van der Waals surface area contributed by atoms with E-state index >= 15 is 0 Å². The number of carbonyl (C=O) groups is 1. The van der Waals surface area contributed by atoms with E-state index in [0.717, 1.165) is 25.9 Å². The Balaban J connectivity index is 3.57. The van der Waals surface area contributed by atoms with Crippen LogP contribution in [0.3, 0.4) is 0 Å². The molecule has 0 aliphatic rings. The molecule has 0 atom stereocenters. The van der Waals surface area contributed by atoms with Crippen molar-refractivity contribution in [1.82, 2.24) is 15.5 Å². The van der Waals surface area contributed by atoms with Gasteiger partial charge in [0, 0.05) is 31.7 Å². The fourth-order valence-corrected chi connectivity index (χ4v) is 1.98. The van der Waals surface area contributed by atoms with Crippen LogP contribution >= 0.6 is 0 Å². The first-order valence-corrected chi connectivity index (χ1v) is 6.96. The summed E-state index contributed by atoms with van der Waals surface area (Å²) >= 11 is 0. The molecule has 0 aliphatic carbocycles. The van der Waals surface area contributed by atoms with Crippen LogP contribution in [0.1, 0.15) is 40.5 Å². The van der Waals surface area contributed by atoms with E-state index in [1.54, 1.807) is 0 Å². The Morgan fingerprint density at radius 2 is 1.61 bits per heavy atom. The van der Waals surface area contributed by atoms with Crippen LogP contribution in [-0.2, 0) is 0 Å². The highest BCUT2D eigenvalue weighted by Gasteiger charge is 2.12. The number of amides is 2. The van der Waals surface area contributed by atoms with E-state index < -0.39 is 0 Å². The fourth-order valence-electron chi connectivity index (χ4n) is 1.98. The van der Waals surface area contributed by atoms with Gasteiger partial charge in [-0.2, -0.15) is 0 Å². The average Bonchev–Trinajstić information content (AvgIpc) is 2.29. The van der Waals surface area contributed by atoms with E-state index in [9.17, 15) is 4.79 Å². The number of carbonyl (C=O) groups excluding carboxylic acids is 1. The molecule has 0 unspecified atom stereocenters. The predicted molar refractivity (Wildman–Crippen MR) is 76.7 cm³/mol. The molecule has 0 fully saturated rings. The Labute approximate surface area is 111 Å². The topological polar surface area (TPSA) is 70.4 Å². The molecule has 5 heteroatoms. The second-order valence-electron chi connectivity index (χ2n) is 5.10. The largest absolute Gasteiger partial charge is 0.338 e. The molecule has 0 bridgehead atoms. The normalized spacial score (nSPS) is 11.3. The van der Waals surface area contributed by atoms with Crippen molar-refractivity contribution < 1.29 is 4.79 Å². The molecule has 0 rings (SSSR count). The summed E-state index contributed by atoms with van der Waals surface area (Å²) in [5, 5.41) is 5.51. The van der Waals surface area contributed by atoms with Gasteiger partial charge in [-0.05, 0) is 47.1 Å². The SMILES string of the molecule is CC(C)N(CCCCNC(=O)NCCN)C(C)C. The molecule has 0 heterocycles. The Morgan fingerprint density at radius 1 is 1.06 bits per heavy atom. The molecule has 0 aromatic heterocycles. The zero-order valence-electron chi connectivity index (χ0n) is 12.3. The number of nitrogens with one attached hydrogen (secondary N) is 2. The molecule has 108 valence electrons. The highest BCUT2D eigenvalue weighted by molar-refractivity contribution is 5.73. The van der Waals surface area contributed by atoms with Gasteiger partial charge in [0.25, 0.3) is 0 Å². The Morgan fingerprint density at radius 3 is 2.11 bits per heavy atom. The lowest BCUT2D eigenvalue weighted by atomic mass is 10.2. The van der Waals surface area contributed by atoms with Crippen LogP contribution in [0.15, 0.2) is 0 Å². The van der Waals surface area contributed by atoms with Gasteiger partial charge in [-0.15, -0.1) is 0 Å². The monoisotopic (exact) mass is 258 g/mol. The minimum Gasteiger partial charge on any atom is -0.338 e. The molecule has 2 amide bonds. The van der Waals surface area contributed by atoms with Gasteiger partial charge in [0.2, 0.25) is 0 Å². The lowest BCUT2D eigenvalue weighted by Crippen LogP contribution is -2.39. The Kier molecular flexibility index (Phi) is 9.69. The highest BCUT2D eigenvalue weighted by Crippen LogP contribution is 2.06. The molecule has 0 aliphatic heterocycles. The zero-order valence-corrected chi connectivity index (χ0v) is 12.3. The predicted octanol–water partition coefficient (Wildman–Crippen LogP) is 1.14. The average molecular weight is 258 g/mol. The first-order chi connectivity index (χ1) is 8.49. The van der Waals surface area contributed by atoms with Gasteiger partial charge < -0.3 is 16.4 Å². The van der Waals surface area contributed by atoms with Gasteiger partial charge >= 0.3 is 6.03 Å². The second-order valence-corrected chi connectivity index (χ2v) is 5.10. The summed E-state index contributed by atoms with van der Waals surface area (Å²) in [6.07, 6.45) is 2.11. The number of hydrogen-bond acceptors (Lipinski definition) is 3. The van der Waals surface area contributed by atoms with Crippen LogP contribution < -0.4 is 16.4 Å². The summed E-state index contributed by atoms with van der Waals surface area (Å²) in [6, 6.07) is 1.03. The van der Waals surface area contributed by atoms with E-state index in [4.69, 9.17) is 5.73 Å². The first-order valence-electron chi connectivity index (χ1n) is 6.96. The Hall–Kier alpha value is -0.810. The molecule has 0 saturated carbocycles. The van der Waals surface area contributed by atoms with Gasteiger partial charge in [0.1, 0.15) is 0 Å². The molecule has 0 radical (unpaired) electrons. The van der Waals surface area contributed by atoms with Crippen molar-refractivity contribution in [3.05, 3.63) is 0 Å². The number of nitrogens with zero attached hydrogens (tertiary/aromatic N) is 1. The molecule has 0 saturated heterocycles. The second kappa shape index (κ2) is 10.1. The third-order valence-corrected chi connectivity index (χ3v) is 2.89. The number of urea groups is 1. The summed E-state index contributed by atoms with van der Waals surface area (Å²) < 4.78 is 0. The summed E-state index contributed by atoms with van der Waals surface area (Å²) in [7, 11) is 0. The molecular weight excluding hydrogens is 228 g/mol. The summed E-state index contributed by atoms with van der Waals surface area (Å²) in [5.41, 5.74) is 5.30. The molecule has 0 aromatic carbocycles. The fraction of sp³-hybridized carbons (Fsp3) is 0.923. The van der Waals surface area contributed by atoms with E-state index in [1.807, 2.05) is 0 Å². The molecule has 4 N–H and O–H groups in total. The van der Waals surface area contributed by atoms with Gasteiger partial charge in [-0.25, -0.2) is 4.79 Å². The van der Waals surface area contributed by atoms with E-state index in [2.05, 4.69) is 43.2 Å². The summed E-state index contributed by atoms with van der Waals surface area (Å²) in [6.45, 7) is 11.7. The van der Waals surface area contributed by atoms with Crippen LogP contribution in [0.25, 0.3) is 0 Å². The van der Waals surface area contributed by atoms with Crippen molar-refractivity contribution in [1.29, 1.82) is 0 Å². The lowest BCUT2D eigenvalue weighted by molar-refractivity contribution is 0.171. The van der Waals surface area contributed by atoms with Crippen LogP contribution in [0, 0.1) is 0 Å². The maximum Gasteiger partial charge on any atom is 0.314 e. The quantitative estimate of drug-likeness (QED) is 0.543. The van der Waals surface area contributed by atoms with Crippen molar-refractivity contribution in [2.45, 2.75) is 52.6 Å². The molecule has 18 heavy (non-hydrogen) atoms. The van der Waals surface area contributed by atoms with Crippen molar-refractivity contribution in [3.8, 4) is 0 Å². The molecule has 0 aromatic rings. The van der Waals surface area contributed by atoms with Crippen molar-refractivity contribution >= 4 is 6.03 Å². The van der Waals surface area contributed by atoms with Gasteiger partial charge in [0.05, 0.1) is 0 Å². The lowest BCUT2D eigenvalue weighted by Gasteiger charge is -2.30. The van der Waals surface area contributed by atoms with Gasteiger partial charge in [0.15, 0.2) is 0 Å². The third-order valence-electron chi connectivity index (χ3n) is 2.89. The van der Waals surface area contributed by atoms with Crippen molar-refractivity contribution in [2.24, 2.45) is 5.73 Å². The maximum absolute atomic E-state index is 11.2. The zero-order chi connectivity index (χ0) is 14.0. The van der Waals surface area contributed by atoms with Crippen molar-refractivity contribution in [2.75, 3.05) is 26.2 Å². The number of nitrogens with two attached hydrogens (primary N) is 1. The molecular formula is C13H30N4O. The Bertz CT molecular complexity index is 211. The van der Waals surface area contributed by atoms with E-state index in [1.165, 1.54) is 0 Å². The molecule has 5 nitrogen and oxygen atoms in total. The van der Waals surface area contributed by atoms with E-state index in [0.29, 0.717) is 25.2 Å². The standard InChI is InChI=1S/C13H30N4O/c1-11(2)17(12(3)4)10-6-5-8-15-13(18)16-9-7-14/h11-12H,5-10,14H2,1-4H3,(H2,15,16,18). The number of rotatable bonds is 9. The van der Waals surface area contributed by atoms with Crippen LogP contribution in [0.5, 0.6) is 0 Å². The minimum absolute atomic E-state index is 0.120. The smallest absolute Gasteiger partial charge is 0.314 e. The highest BCUT2D eigenvalue weighted by atomic mass is 16.2. The van der Waals surface area contributed by atoms with Crippen LogP contribution in [0.2, 0.25) is 0 Å². The number of hydrogen-bond donors (Lipinski definition) is 3. The number of unbranched alkanes of at least 4 members (excludes halogenated alkanes) is 1. The van der Waals surface area contributed by atoms with Gasteiger partial charge in [-0.3, -0.25) is 4.90 Å². The summed E-state index contributed by atoms with van der Waals surface area (Å²) in [5.74, 6) is 0. The minimum atomic E-state index is -0.120. The maximum atomic E-state index is 11.2. The van der Waals surface area contributed by atoms with Crippen molar-refractivity contribution in [3.63, 3.8) is 0 Å². The summed E-state index contributed by atoms with van der Waals surface area (Å²) in [4.78, 5) is 13.7. The first kappa shape index (κ1) is 17.2. The van der Waals surface area contributed by atoms with Crippen LogP contribution in [0.4, 0.5) is 4.79 Å². The van der Waals surface area contributed by atoms with Gasteiger partial charge in [-0.1, -0.05) is 0 Å². The molecule has 0 spiro atoms. The van der Waals surface area contributed by atoms with Crippen LogP contribution in [-0.4, -0.2) is 49.2 Å².